The molecule has 0 spiro atoms. The second kappa shape index (κ2) is 6.08. The lowest BCUT2D eigenvalue weighted by molar-refractivity contribution is 0.286. The maximum Gasteiger partial charge on any atom is 0.140 e. The maximum atomic E-state index is 8.61. The number of hydrogen-bond acceptors (Lipinski definition) is 4. The molecule has 1 aromatic heterocycles. The highest BCUT2D eigenvalue weighted by Crippen LogP contribution is 1.99. The molecule has 1 heterocycles. The Balaban J connectivity index is 2.39. The van der Waals surface area contributed by atoms with Gasteiger partial charge in [0.2, 0.25) is 0 Å². The Morgan fingerprint density at radius 1 is 1.57 bits per heavy atom. The van der Waals surface area contributed by atoms with Gasteiger partial charge in [0.1, 0.15) is 11.8 Å². The van der Waals surface area contributed by atoms with Crippen molar-refractivity contribution in [2.75, 3.05) is 13.2 Å². The van der Waals surface area contributed by atoms with Crippen LogP contribution in [0.3, 0.4) is 0 Å². The Morgan fingerprint density at radius 2 is 2.43 bits per heavy atom. The molecule has 2 N–H and O–H groups in total. The lowest BCUT2D eigenvalue weighted by Gasteiger charge is -2.03. The summed E-state index contributed by atoms with van der Waals surface area (Å²) in [5.41, 5.74) is 1.47. The molecular weight excluding hydrogens is 178 g/mol. The first-order valence-corrected chi connectivity index (χ1v) is 4.53. The standard InChI is InChI=1S/C10H13N3O/c11-7-10-6-9(2-4-13-10)8-12-3-1-5-14/h2,4,6,12,14H,1,3,5,8H2. The minimum absolute atomic E-state index is 0.201. The monoisotopic (exact) mass is 191 g/mol. The third-order valence-corrected chi connectivity index (χ3v) is 1.78. The first-order valence-electron chi connectivity index (χ1n) is 4.53. The maximum absolute atomic E-state index is 8.61. The van der Waals surface area contributed by atoms with Crippen molar-refractivity contribution in [1.29, 1.82) is 5.26 Å². The van der Waals surface area contributed by atoms with Crippen molar-refractivity contribution in [1.82, 2.24) is 10.3 Å². The van der Waals surface area contributed by atoms with Crippen LogP contribution in [-0.2, 0) is 6.54 Å². The molecule has 14 heavy (non-hydrogen) atoms. The van der Waals surface area contributed by atoms with Crippen LogP contribution in [0.5, 0.6) is 0 Å². The third kappa shape index (κ3) is 3.52. The van der Waals surface area contributed by atoms with Crippen LogP contribution >= 0.6 is 0 Å². The first kappa shape index (κ1) is 10.6. The zero-order valence-corrected chi connectivity index (χ0v) is 7.90. The van der Waals surface area contributed by atoms with Gasteiger partial charge in [0.05, 0.1) is 0 Å². The van der Waals surface area contributed by atoms with Crippen molar-refractivity contribution in [2.45, 2.75) is 13.0 Å². The number of rotatable bonds is 5. The van der Waals surface area contributed by atoms with Gasteiger partial charge in [0.25, 0.3) is 0 Å². The van der Waals surface area contributed by atoms with Gasteiger partial charge in [-0.25, -0.2) is 4.98 Å². The van der Waals surface area contributed by atoms with E-state index < -0.39 is 0 Å². The minimum Gasteiger partial charge on any atom is -0.396 e. The number of aliphatic hydroxyl groups excluding tert-OH is 1. The zero-order valence-electron chi connectivity index (χ0n) is 7.90. The van der Waals surface area contributed by atoms with Crippen LogP contribution in [-0.4, -0.2) is 23.2 Å². The van der Waals surface area contributed by atoms with E-state index in [4.69, 9.17) is 10.4 Å². The van der Waals surface area contributed by atoms with E-state index in [2.05, 4.69) is 10.3 Å². The molecule has 1 rings (SSSR count). The van der Waals surface area contributed by atoms with Crippen LogP contribution in [0.4, 0.5) is 0 Å². The van der Waals surface area contributed by atoms with Gasteiger partial charge in [-0.3, -0.25) is 0 Å². The van der Waals surface area contributed by atoms with E-state index in [0.29, 0.717) is 12.2 Å². The molecule has 4 heteroatoms. The predicted molar refractivity (Wildman–Crippen MR) is 52.4 cm³/mol. The summed E-state index contributed by atoms with van der Waals surface area (Å²) in [5.74, 6) is 0. The van der Waals surface area contributed by atoms with Crippen LogP contribution in [0.2, 0.25) is 0 Å². The summed E-state index contributed by atoms with van der Waals surface area (Å²) in [6.45, 7) is 1.69. The fourth-order valence-corrected chi connectivity index (χ4v) is 1.08. The molecule has 0 saturated carbocycles. The van der Waals surface area contributed by atoms with Crippen LogP contribution in [0.15, 0.2) is 18.3 Å². The summed E-state index contributed by atoms with van der Waals surface area (Å²) in [5, 5.41) is 20.3. The highest BCUT2D eigenvalue weighted by atomic mass is 16.3. The average molecular weight is 191 g/mol. The molecule has 0 aliphatic heterocycles. The van der Waals surface area contributed by atoms with Gasteiger partial charge < -0.3 is 10.4 Å². The third-order valence-electron chi connectivity index (χ3n) is 1.78. The molecule has 0 saturated heterocycles. The van der Waals surface area contributed by atoms with Crippen molar-refractivity contribution < 1.29 is 5.11 Å². The van der Waals surface area contributed by atoms with E-state index >= 15 is 0 Å². The molecule has 0 atom stereocenters. The molecule has 0 radical (unpaired) electrons. The molecule has 74 valence electrons. The smallest absolute Gasteiger partial charge is 0.140 e. The highest BCUT2D eigenvalue weighted by Gasteiger charge is 1.95. The molecular formula is C10H13N3O. The first-order chi connectivity index (χ1) is 6.86. The van der Waals surface area contributed by atoms with Crippen molar-refractivity contribution in [3.63, 3.8) is 0 Å². The molecule has 0 unspecified atom stereocenters. The van der Waals surface area contributed by atoms with Crippen molar-refractivity contribution in [3.8, 4) is 6.07 Å². The van der Waals surface area contributed by atoms with Gasteiger partial charge in [-0.15, -0.1) is 0 Å². The summed E-state index contributed by atoms with van der Waals surface area (Å²) >= 11 is 0. The molecule has 0 aromatic carbocycles. The molecule has 0 aliphatic carbocycles. The molecule has 1 aromatic rings. The molecule has 0 bridgehead atoms. The second-order valence-corrected chi connectivity index (χ2v) is 2.92. The van der Waals surface area contributed by atoms with E-state index in [1.54, 1.807) is 12.3 Å². The van der Waals surface area contributed by atoms with Crippen LogP contribution in [0.25, 0.3) is 0 Å². The Hall–Kier alpha value is -1.44. The van der Waals surface area contributed by atoms with Crippen LogP contribution < -0.4 is 5.32 Å². The Kier molecular flexibility index (Phi) is 4.62. The quantitative estimate of drug-likeness (QED) is 0.662. The Labute approximate surface area is 83.2 Å². The van der Waals surface area contributed by atoms with Crippen molar-refractivity contribution in [2.24, 2.45) is 0 Å². The number of hydrogen-bond donors (Lipinski definition) is 2. The van der Waals surface area contributed by atoms with E-state index in [9.17, 15) is 0 Å². The number of nitrogens with zero attached hydrogens (tertiary/aromatic N) is 2. The summed E-state index contributed by atoms with van der Waals surface area (Å²) in [4.78, 5) is 3.87. The summed E-state index contributed by atoms with van der Waals surface area (Å²) in [6, 6.07) is 5.61. The van der Waals surface area contributed by atoms with Gasteiger partial charge >= 0.3 is 0 Å². The van der Waals surface area contributed by atoms with E-state index in [0.717, 1.165) is 18.5 Å². The molecule has 0 amide bonds. The van der Waals surface area contributed by atoms with Gasteiger partial charge in [0.15, 0.2) is 0 Å². The van der Waals surface area contributed by atoms with Gasteiger partial charge in [-0.1, -0.05) is 0 Å². The Morgan fingerprint density at radius 3 is 3.14 bits per heavy atom. The number of nitrogens with one attached hydrogen (secondary N) is 1. The van der Waals surface area contributed by atoms with Crippen LogP contribution in [0, 0.1) is 11.3 Å². The Bertz CT molecular complexity index is 319. The summed E-state index contributed by atoms with van der Waals surface area (Å²) < 4.78 is 0. The number of aliphatic hydroxyl groups is 1. The number of aromatic nitrogens is 1. The lowest BCUT2D eigenvalue weighted by atomic mass is 10.2. The average Bonchev–Trinajstić information content (AvgIpc) is 2.25. The van der Waals surface area contributed by atoms with Gasteiger partial charge in [-0.05, 0) is 30.7 Å². The number of nitriles is 1. The normalized spacial score (nSPS) is 9.71. The van der Waals surface area contributed by atoms with Crippen molar-refractivity contribution >= 4 is 0 Å². The van der Waals surface area contributed by atoms with Gasteiger partial charge in [0, 0.05) is 19.3 Å². The highest BCUT2D eigenvalue weighted by molar-refractivity contribution is 5.25. The molecule has 0 aliphatic rings. The number of pyridine rings is 1. The largest absolute Gasteiger partial charge is 0.396 e. The summed E-state index contributed by atoms with van der Waals surface area (Å²) in [7, 11) is 0. The minimum atomic E-state index is 0.201. The lowest BCUT2D eigenvalue weighted by Crippen LogP contribution is -2.15. The van der Waals surface area contributed by atoms with Crippen LogP contribution in [0.1, 0.15) is 17.7 Å². The zero-order chi connectivity index (χ0) is 10.2. The van der Waals surface area contributed by atoms with E-state index in [-0.39, 0.29) is 6.61 Å². The van der Waals surface area contributed by atoms with Crippen molar-refractivity contribution in [3.05, 3.63) is 29.6 Å². The molecule has 4 nitrogen and oxygen atoms in total. The summed E-state index contributed by atoms with van der Waals surface area (Å²) in [6.07, 6.45) is 2.37. The van der Waals surface area contributed by atoms with E-state index in [1.165, 1.54) is 0 Å². The van der Waals surface area contributed by atoms with Gasteiger partial charge in [-0.2, -0.15) is 5.26 Å². The van der Waals surface area contributed by atoms with E-state index in [1.807, 2.05) is 12.1 Å². The second-order valence-electron chi connectivity index (χ2n) is 2.92. The topological polar surface area (TPSA) is 68.9 Å². The SMILES string of the molecule is N#Cc1cc(CNCCCO)ccn1. The fourth-order valence-electron chi connectivity index (χ4n) is 1.08. The molecule has 0 fully saturated rings. The predicted octanol–water partition coefficient (Wildman–Crippen LogP) is 0.425. The fraction of sp³-hybridized carbons (Fsp3) is 0.400.